The number of halogens is 3. The fourth-order valence-electron chi connectivity index (χ4n) is 1.24. The van der Waals surface area contributed by atoms with Gasteiger partial charge in [0, 0.05) is 5.56 Å². The lowest BCUT2D eigenvalue weighted by molar-refractivity contribution is 0.101. The molecule has 88 valence electrons. The second-order valence-electron chi connectivity index (χ2n) is 3.17. The number of hydrogen-bond donors (Lipinski definition) is 0. The molecule has 5 heteroatoms. The Balaban J connectivity index is 3.32. The second-order valence-corrected chi connectivity index (χ2v) is 3.17. The second kappa shape index (κ2) is 5.01. The van der Waals surface area contributed by atoms with E-state index in [0.29, 0.717) is 0 Å². The van der Waals surface area contributed by atoms with Crippen LogP contribution in [0, 0.1) is 5.82 Å². The lowest BCUT2D eigenvalue weighted by atomic mass is 10.1. The van der Waals surface area contributed by atoms with Crippen LogP contribution >= 0.6 is 0 Å². The summed E-state index contributed by atoms with van der Waals surface area (Å²) >= 11 is 0. The Morgan fingerprint density at radius 1 is 1.44 bits per heavy atom. The average molecular weight is 232 g/mol. The number of Topliss-reactive ketones (excluding diaryl/α,β-unsaturated/α-hetero) is 1. The van der Waals surface area contributed by atoms with Crippen LogP contribution in [0.15, 0.2) is 12.1 Å². The van der Waals surface area contributed by atoms with Crippen molar-refractivity contribution in [2.75, 3.05) is 6.61 Å². The minimum Gasteiger partial charge on any atom is -0.491 e. The summed E-state index contributed by atoms with van der Waals surface area (Å²) in [6.45, 7) is 2.96. The van der Waals surface area contributed by atoms with E-state index in [1.807, 2.05) is 0 Å². The van der Waals surface area contributed by atoms with Crippen LogP contribution in [0.1, 0.15) is 36.2 Å². The lowest BCUT2D eigenvalue weighted by Gasteiger charge is -2.10. The number of rotatable bonds is 4. The Labute approximate surface area is 91.0 Å². The Morgan fingerprint density at radius 2 is 2.06 bits per heavy atom. The van der Waals surface area contributed by atoms with Crippen LogP contribution in [0.5, 0.6) is 5.75 Å². The zero-order valence-electron chi connectivity index (χ0n) is 8.89. The molecule has 0 aliphatic carbocycles. The summed E-state index contributed by atoms with van der Waals surface area (Å²) in [6.07, 6.45) is -2.97. The van der Waals surface area contributed by atoms with Gasteiger partial charge in [-0.05, 0) is 26.0 Å². The smallest absolute Gasteiger partial charge is 0.266 e. The van der Waals surface area contributed by atoms with Crippen molar-refractivity contribution in [1.29, 1.82) is 0 Å². The van der Waals surface area contributed by atoms with Crippen LogP contribution in [-0.4, -0.2) is 12.4 Å². The number of carbonyl (C=O) groups excluding carboxylic acids is 1. The van der Waals surface area contributed by atoms with Crippen molar-refractivity contribution in [3.8, 4) is 5.75 Å². The number of ether oxygens (including phenoxy) is 1. The highest BCUT2D eigenvalue weighted by molar-refractivity contribution is 5.94. The van der Waals surface area contributed by atoms with Gasteiger partial charge < -0.3 is 4.74 Å². The van der Waals surface area contributed by atoms with Crippen molar-refractivity contribution >= 4 is 5.78 Å². The summed E-state index contributed by atoms with van der Waals surface area (Å²) in [5, 5.41) is 0. The van der Waals surface area contributed by atoms with Gasteiger partial charge in [0.2, 0.25) is 0 Å². The zero-order chi connectivity index (χ0) is 12.3. The van der Waals surface area contributed by atoms with E-state index < -0.39 is 23.6 Å². The summed E-state index contributed by atoms with van der Waals surface area (Å²) in [5.41, 5.74) is -0.795. The van der Waals surface area contributed by atoms with Crippen LogP contribution in [0.2, 0.25) is 0 Å². The molecule has 1 aromatic carbocycles. The van der Waals surface area contributed by atoms with Crippen molar-refractivity contribution < 1.29 is 22.7 Å². The quantitative estimate of drug-likeness (QED) is 0.744. The van der Waals surface area contributed by atoms with E-state index in [-0.39, 0.29) is 17.9 Å². The maximum Gasteiger partial charge on any atom is 0.266 e. The predicted molar refractivity (Wildman–Crippen MR) is 52.5 cm³/mol. The van der Waals surface area contributed by atoms with Crippen molar-refractivity contribution in [3.05, 3.63) is 29.1 Å². The molecule has 0 unspecified atom stereocenters. The summed E-state index contributed by atoms with van der Waals surface area (Å²) in [5.74, 6) is -1.84. The molecule has 0 heterocycles. The van der Waals surface area contributed by atoms with Crippen LogP contribution in [-0.2, 0) is 0 Å². The Bertz CT molecular complexity index is 402. The zero-order valence-corrected chi connectivity index (χ0v) is 8.89. The normalized spacial score (nSPS) is 10.6. The molecule has 16 heavy (non-hydrogen) atoms. The van der Waals surface area contributed by atoms with Crippen LogP contribution in [0.4, 0.5) is 13.2 Å². The topological polar surface area (TPSA) is 26.3 Å². The van der Waals surface area contributed by atoms with Crippen molar-refractivity contribution in [3.63, 3.8) is 0 Å². The standard InChI is InChI=1S/C11H11F3O2/c1-3-16-9-5-7(6(2)15)4-8(10(9)12)11(13)14/h4-5,11H,3H2,1-2H3. The number of carbonyl (C=O) groups is 1. The van der Waals surface area contributed by atoms with E-state index in [9.17, 15) is 18.0 Å². The third-order valence-electron chi connectivity index (χ3n) is 2.01. The SMILES string of the molecule is CCOc1cc(C(C)=O)cc(C(F)F)c1F. The number of hydrogen-bond acceptors (Lipinski definition) is 2. The molecule has 1 aromatic rings. The molecule has 0 fully saturated rings. The van der Waals surface area contributed by atoms with Gasteiger partial charge in [-0.3, -0.25) is 4.79 Å². The fraction of sp³-hybridized carbons (Fsp3) is 0.364. The van der Waals surface area contributed by atoms with E-state index >= 15 is 0 Å². The van der Waals surface area contributed by atoms with E-state index in [1.54, 1.807) is 6.92 Å². The average Bonchev–Trinajstić information content (AvgIpc) is 2.20. The largest absolute Gasteiger partial charge is 0.491 e. The van der Waals surface area contributed by atoms with Gasteiger partial charge in [-0.2, -0.15) is 0 Å². The first-order chi connectivity index (χ1) is 7.47. The van der Waals surface area contributed by atoms with Crippen molar-refractivity contribution in [2.24, 2.45) is 0 Å². The highest BCUT2D eigenvalue weighted by Gasteiger charge is 2.20. The highest BCUT2D eigenvalue weighted by atomic mass is 19.3. The van der Waals surface area contributed by atoms with Gasteiger partial charge in [0.05, 0.1) is 12.2 Å². The predicted octanol–water partition coefficient (Wildman–Crippen LogP) is 3.36. The molecule has 0 aliphatic rings. The maximum atomic E-state index is 13.4. The van der Waals surface area contributed by atoms with E-state index in [4.69, 9.17) is 4.74 Å². The molecular formula is C11H11F3O2. The Morgan fingerprint density at radius 3 is 2.50 bits per heavy atom. The number of ketones is 1. The molecule has 0 aliphatic heterocycles. The Hall–Kier alpha value is -1.52. The van der Waals surface area contributed by atoms with Crippen molar-refractivity contribution in [2.45, 2.75) is 20.3 Å². The first-order valence-corrected chi connectivity index (χ1v) is 4.72. The highest BCUT2D eigenvalue weighted by Crippen LogP contribution is 2.30. The van der Waals surface area contributed by atoms with E-state index in [1.165, 1.54) is 6.92 Å². The van der Waals surface area contributed by atoms with Gasteiger partial charge >= 0.3 is 0 Å². The first kappa shape index (κ1) is 12.5. The molecule has 0 saturated carbocycles. The monoisotopic (exact) mass is 232 g/mol. The number of benzene rings is 1. The van der Waals surface area contributed by atoms with Crippen LogP contribution in [0.3, 0.4) is 0 Å². The minimum absolute atomic E-state index is 0.0140. The summed E-state index contributed by atoms with van der Waals surface area (Å²) in [6, 6.07) is 1.98. The molecule has 0 spiro atoms. The minimum atomic E-state index is -2.97. The van der Waals surface area contributed by atoms with Crippen molar-refractivity contribution in [1.82, 2.24) is 0 Å². The summed E-state index contributed by atoms with van der Waals surface area (Å²) < 4.78 is 43.3. The third-order valence-corrected chi connectivity index (χ3v) is 2.01. The maximum absolute atomic E-state index is 13.4. The van der Waals surface area contributed by atoms with Gasteiger partial charge in [0.25, 0.3) is 6.43 Å². The Kier molecular flexibility index (Phi) is 3.93. The molecule has 0 saturated heterocycles. The van der Waals surface area contributed by atoms with Gasteiger partial charge in [-0.15, -0.1) is 0 Å². The molecule has 0 bridgehead atoms. The molecule has 0 N–H and O–H groups in total. The summed E-state index contributed by atoms with van der Waals surface area (Å²) in [7, 11) is 0. The van der Waals surface area contributed by atoms with Gasteiger partial charge in [-0.25, -0.2) is 13.2 Å². The molecule has 0 atom stereocenters. The number of alkyl halides is 2. The van der Waals surface area contributed by atoms with Gasteiger partial charge in [0.15, 0.2) is 17.3 Å². The van der Waals surface area contributed by atoms with Gasteiger partial charge in [-0.1, -0.05) is 0 Å². The lowest BCUT2D eigenvalue weighted by Crippen LogP contribution is -2.03. The van der Waals surface area contributed by atoms with E-state index in [2.05, 4.69) is 0 Å². The third kappa shape index (κ3) is 2.53. The summed E-state index contributed by atoms with van der Waals surface area (Å²) in [4.78, 5) is 11.1. The van der Waals surface area contributed by atoms with Crippen LogP contribution in [0.25, 0.3) is 0 Å². The van der Waals surface area contributed by atoms with Crippen LogP contribution < -0.4 is 4.74 Å². The van der Waals surface area contributed by atoms with Gasteiger partial charge in [0.1, 0.15) is 0 Å². The molecule has 0 aromatic heterocycles. The molecule has 2 nitrogen and oxygen atoms in total. The molecule has 1 rings (SSSR count). The van der Waals surface area contributed by atoms with E-state index in [0.717, 1.165) is 12.1 Å². The molecule has 0 amide bonds. The fourth-order valence-corrected chi connectivity index (χ4v) is 1.24. The molecule has 0 radical (unpaired) electrons. The molecular weight excluding hydrogens is 221 g/mol. The first-order valence-electron chi connectivity index (χ1n) is 4.72.